The van der Waals surface area contributed by atoms with Gasteiger partial charge in [-0.1, -0.05) is 48.0 Å². The normalized spacial score (nSPS) is 12.7. The van der Waals surface area contributed by atoms with E-state index >= 15 is 0 Å². The Bertz CT molecular complexity index is 923. The maximum atomic E-state index is 12.3. The molecule has 3 rings (SSSR count). The van der Waals surface area contributed by atoms with E-state index in [1.54, 1.807) is 30.3 Å². The van der Waals surface area contributed by atoms with Gasteiger partial charge >= 0.3 is 5.97 Å². The van der Waals surface area contributed by atoms with Crippen LogP contribution in [0.15, 0.2) is 49.0 Å². The van der Waals surface area contributed by atoms with Crippen LogP contribution in [-0.4, -0.2) is 35.8 Å². The molecule has 0 saturated carbocycles. The highest BCUT2D eigenvalue weighted by Crippen LogP contribution is 2.30. The van der Waals surface area contributed by atoms with Crippen LogP contribution >= 0.6 is 23.2 Å². The lowest BCUT2D eigenvalue weighted by atomic mass is 10.1. The second-order valence-electron chi connectivity index (χ2n) is 5.72. The first-order valence-electron chi connectivity index (χ1n) is 7.87. The number of halogens is 2. The van der Waals surface area contributed by atoms with Gasteiger partial charge in [-0.05, 0) is 24.3 Å². The van der Waals surface area contributed by atoms with Gasteiger partial charge in [-0.15, -0.1) is 0 Å². The molecule has 8 heteroatoms. The fraction of sp³-hybridized carbons (Fsp3) is 0.105. The molecular weight excluding hydrogens is 391 g/mol. The third-order valence-electron chi connectivity index (χ3n) is 3.89. The molecule has 0 aliphatic carbocycles. The van der Waals surface area contributed by atoms with Crippen LogP contribution < -0.4 is 5.32 Å². The van der Waals surface area contributed by atoms with Crippen LogP contribution in [0.1, 0.15) is 15.9 Å². The van der Waals surface area contributed by atoms with Crippen molar-refractivity contribution >= 4 is 52.4 Å². The standard InChI is InChI=1S/C19H14Cl2N2O4/c1-11-13-4-2-3-5-14(13)19(26)23(11)9-18(25)27-10-17(24)22-12-6-7-15(20)16(21)8-12/h2-8H,1,9-10H2,(H,22,24). The summed E-state index contributed by atoms with van der Waals surface area (Å²) < 4.78 is 4.94. The maximum absolute atomic E-state index is 12.3. The van der Waals surface area contributed by atoms with Crippen LogP contribution in [0.4, 0.5) is 5.69 Å². The van der Waals surface area contributed by atoms with E-state index in [-0.39, 0.29) is 17.5 Å². The van der Waals surface area contributed by atoms with Gasteiger partial charge in [0.25, 0.3) is 11.8 Å². The monoisotopic (exact) mass is 404 g/mol. The minimum absolute atomic E-state index is 0.289. The summed E-state index contributed by atoms with van der Waals surface area (Å²) in [6, 6.07) is 11.5. The van der Waals surface area contributed by atoms with Crippen molar-refractivity contribution in [1.82, 2.24) is 4.90 Å². The highest BCUT2D eigenvalue weighted by molar-refractivity contribution is 6.42. The van der Waals surface area contributed by atoms with Crippen LogP contribution in [0.3, 0.4) is 0 Å². The van der Waals surface area contributed by atoms with E-state index in [4.69, 9.17) is 27.9 Å². The van der Waals surface area contributed by atoms with Crippen LogP contribution in [0.2, 0.25) is 10.0 Å². The predicted octanol–water partition coefficient (Wildman–Crippen LogP) is 3.60. The summed E-state index contributed by atoms with van der Waals surface area (Å²) in [5.41, 5.74) is 2.00. The molecule has 2 amide bonds. The molecule has 0 unspecified atom stereocenters. The first-order chi connectivity index (χ1) is 12.9. The number of rotatable bonds is 5. The predicted molar refractivity (Wildman–Crippen MR) is 103 cm³/mol. The zero-order chi connectivity index (χ0) is 19.6. The largest absolute Gasteiger partial charge is 0.454 e. The number of amides is 2. The molecule has 0 spiro atoms. The molecule has 1 N–H and O–H groups in total. The minimum atomic E-state index is -0.721. The molecule has 0 radical (unpaired) electrons. The average molecular weight is 405 g/mol. The maximum Gasteiger partial charge on any atom is 0.326 e. The molecular formula is C19H14Cl2N2O4. The highest BCUT2D eigenvalue weighted by atomic mass is 35.5. The highest BCUT2D eigenvalue weighted by Gasteiger charge is 2.32. The topological polar surface area (TPSA) is 75.7 Å². The second-order valence-corrected chi connectivity index (χ2v) is 6.54. The quantitative estimate of drug-likeness (QED) is 0.772. The average Bonchev–Trinajstić information content (AvgIpc) is 2.88. The third kappa shape index (κ3) is 4.13. The summed E-state index contributed by atoms with van der Waals surface area (Å²) in [4.78, 5) is 37.5. The molecule has 1 aliphatic rings. The molecule has 2 aromatic carbocycles. The Morgan fingerprint density at radius 1 is 1.07 bits per heavy atom. The number of hydrogen-bond acceptors (Lipinski definition) is 4. The Balaban J connectivity index is 1.53. The lowest BCUT2D eigenvalue weighted by Gasteiger charge is -2.16. The second kappa shape index (κ2) is 7.82. The van der Waals surface area contributed by atoms with Crippen molar-refractivity contribution in [1.29, 1.82) is 0 Å². The molecule has 0 bridgehead atoms. The Labute approximate surface area is 165 Å². The molecule has 0 atom stereocenters. The minimum Gasteiger partial charge on any atom is -0.454 e. The van der Waals surface area contributed by atoms with E-state index in [1.165, 1.54) is 17.0 Å². The molecule has 1 aliphatic heterocycles. The van der Waals surface area contributed by atoms with Crippen LogP contribution in [-0.2, 0) is 14.3 Å². The third-order valence-corrected chi connectivity index (χ3v) is 4.63. The van der Waals surface area contributed by atoms with E-state index in [9.17, 15) is 14.4 Å². The summed E-state index contributed by atoms with van der Waals surface area (Å²) >= 11 is 11.7. The van der Waals surface area contributed by atoms with Gasteiger partial charge in [-0.2, -0.15) is 0 Å². The number of esters is 1. The SMILES string of the molecule is C=C1c2ccccc2C(=O)N1CC(=O)OCC(=O)Nc1ccc(Cl)c(Cl)c1. The van der Waals surface area contributed by atoms with Gasteiger partial charge in [0.15, 0.2) is 6.61 Å². The van der Waals surface area contributed by atoms with Gasteiger partial charge in [-0.25, -0.2) is 0 Å². The fourth-order valence-corrected chi connectivity index (χ4v) is 2.89. The van der Waals surface area contributed by atoms with Crippen molar-refractivity contribution in [3.63, 3.8) is 0 Å². The van der Waals surface area contributed by atoms with Crippen LogP contribution in [0, 0.1) is 0 Å². The first-order valence-corrected chi connectivity index (χ1v) is 8.63. The first kappa shape index (κ1) is 18.9. The summed E-state index contributed by atoms with van der Waals surface area (Å²) in [5, 5.41) is 3.18. The number of nitrogens with one attached hydrogen (secondary N) is 1. The zero-order valence-electron chi connectivity index (χ0n) is 14.0. The molecule has 138 valence electrons. The number of carbonyl (C=O) groups excluding carboxylic acids is 3. The van der Waals surface area contributed by atoms with Crippen LogP contribution in [0.5, 0.6) is 0 Å². The van der Waals surface area contributed by atoms with E-state index in [1.807, 2.05) is 0 Å². The summed E-state index contributed by atoms with van der Waals surface area (Å²) in [5.74, 6) is -1.59. The number of carbonyl (C=O) groups is 3. The van der Waals surface area contributed by atoms with Gasteiger partial charge in [0.2, 0.25) is 0 Å². The Kier molecular flexibility index (Phi) is 5.48. The number of fused-ring (bicyclic) bond motifs is 1. The van der Waals surface area contributed by atoms with Crippen molar-refractivity contribution in [2.45, 2.75) is 0 Å². The number of benzene rings is 2. The summed E-state index contributed by atoms with van der Waals surface area (Å²) in [7, 11) is 0. The Hall–Kier alpha value is -2.83. The van der Waals surface area contributed by atoms with Crippen molar-refractivity contribution in [2.75, 3.05) is 18.5 Å². The van der Waals surface area contributed by atoms with E-state index in [0.717, 1.165) is 0 Å². The molecule has 1 heterocycles. The Morgan fingerprint density at radius 3 is 2.44 bits per heavy atom. The van der Waals surface area contributed by atoms with Crippen molar-refractivity contribution in [3.8, 4) is 0 Å². The van der Waals surface area contributed by atoms with Crippen molar-refractivity contribution < 1.29 is 19.1 Å². The van der Waals surface area contributed by atoms with Crippen LogP contribution in [0.25, 0.3) is 5.70 Å². The number of nitrogens with zero attached hydrogens (tertiary/aromatic N) is 1. The zero-order valence-corrected chi connectivity index (χ0v) is 15.5. The van der Waals surface area contributed by atoms with Crippen molar-refractivity contribution in [2.24, 2.45) is 0 Å². The molecule has 27 heavy (non-hydrogen) atoms. The van der Waals surface area contributed by atoms with Crippen molar-refractivity contribution in [3.05, 3.63) is 70.2 Å². The smallest absolute Gasteiger partial charge is 0.326 e. The number of anilines is 1. The van der Waals surface area contributed by atoms with Gasteiger partial charge in [0.1, 0.15) is 6.54 Å². The summed E-state index contributed by atoms with van der Waals surface area (Å²) in [6.45, 7) is 3.02. The van der Waals surface area contributed by atoms with E-state index in [2.05, 4.69) is 11.9 Å². The number of hydrogen-bond donors (Lipinski definition) is 1. The Morgan fingerprint density at radius 2 is 1.78 bits per heavy atom. The molecule has 0 fully saturated rings. The van der Waals surface area contributed by atoms with Gasteiger partial charge in [-0.3, -0.25) is 19.3 Å². The van der Waals surface area contributed by atoms with Gasteiger partial charge in [0.05, 0.1) is 10.0 Å². The lowest BCUT2D eigenvalue weighted by Crippen LogP contribution is -2.32. The molecule has 0 aromatic heterocycles. The van der Waals surface area contributed by atoms with E-state index in [0.29, 0.717) is 27.5 Å². The van der Waals surface area contributed by atoms with Gasteiger partial charge in [0, 0.05) is 22.5 Å². The summed E-state index contributed by atoms with van der Waals surface area (Å²) in [6.07, 6.45) is 0. The van der Waals surface area contributed by atoms with E-state index < -0.39 is 18.5 Å². The number of ether oxygens (including phenoxy) is 1. The molecule has 6 nitrogen and oxygen atoms in total. The van der Waals surface area contributed by atoms with Gasteiger partial charge < -0.3 is 10.1 Å². The molecule has 2 aromatic rings. The molecule has 0 saturated heterocycles. The lowest BCUT2D eigenvalue weighted by molar-refractivity contribution is -0.147. The fourth-order valence-electron chi connectivity index (χ4n) is 2.59.